The summed E-state index contributed by atoms with van der Waals surface area (Å²) in [6.07, 6.45) is -0.820. The molecule has 0 fully saturated rings. The summed E-state index contributed by atoms with van der Waals surface area (Å²) in [5, 5.41) is 36.3. The van der Waals surface area contributed by atoms with E-state index in [1.54, 1.807) is 5.01 Å². The van der Waals surface area contributed by atoms with Crippen molar-refractivity contribution in [3.63, 3.8) is 0 Å². The molecule has 0 spiro atoms. The van der Waals surface area contributed by atoms with E-state index in [0.717, 1.165) is 0 Å². The summed E-state index contributed by atoms with van der Waals surface area (Å²) in [7, 11) is 0. The fourth-order valence-electron chi connectivity index (χ4n) is 0.810. The maximum atomic E-state index is 8.98. The van der Waals surface area contributed by atoms with Crippen molar-refractivity contribution in [2.24, 2.45) is 0 Å². The highest BCUT2D eigenvalue weighted by molar-refractivity contribution is 4.57. The van der Waals surface area contributed by atoms with Crippen molar-refractivity contribution in [2.75, 3.05) is 39.5 Å². The molecule has 1 unspecified atom stereocenters. The molecule has 13 heavy (non-hydrogen) atoms. The Morgan fingerprint density at radius 3 is 2.00 bits per heavy atom. The summed E-state index contributed by atoms with van der Waals surface area (Å²) >= 11 is 0. The third-order valence-corrected chi connectivity index (χ3v) is 1.50. The van der Waals surface area contributed by atoms with Crippen molar-refractivity contribution < 1.29 is 20.4 Å². The van der Waals surface area contributed by atoms with Crippen molar-refractivity contribution in [2.45, 2.75) is 6.10 Å². The topological polar surface area (TPSA) is 96.2 Å². The van der Waals surface area contributed by atoms with E-state index in [1.807, 2.05) is 0 Å². The minimum absolute atomic E-state index is 0.0256. The lowest BCUT2D eigenvalue weighted by Gasteiger charge is -2.22. The van der Waals surface area contributed by atoms with E-state index in [1.165, 1.54) is 0 Å². The van der Waals surface area contributed by atoms with Gasteiger partial charge in [-0.2, -0.15) is 0 Å². The number of nitrogens with zero attached hydrogens (tertiary/aromatic N) is 1. The van der Waals surface area contributed by atoms with Crippen LogP contribution >= 0.6 is 0 Å². The molecule has 80 valence electrons. The first-order valence-electron chi connectivity index (χ1n) is 4.23. The summed E-state index contributed by atoms with van der Waals surface area (Å²) in [6.45, 7) is 0.595. The minimum Gasteiger partial charge on any atom is -0.395 e. The number of hydrogen-bond acceptors (Lipinski definition) is 6. The lowest BCUT2D eigenvalue weighted by molar-refractivity contribution is 0.0542. The van der Waals surface area contributed by atoms with Crippen molar-refractivity contribution in [1.29, 1.82) is 0 Å². The van der Waals surface area contributed by atoms with Crippen LogP contribution in [0.15, 0.2) is 0 Å². The number of aliphatic hydroxyl groups is 4. The molecular weight excluding hydrogens is 176 g/mol. The van der Waals surface area contributed by atoms with Gasteiger partial charge in [-0.3, -0.25) is 5.43 Å². The van der Waals surface area contributed by atoms with Crippen LogP contribution in [-0.2, 0) is 0 Å². The Hall–Kier alpha value is -0.240. The van der Waals surface area contributed by atoms with Crippen LogP contribution < -0.4 is 5.43 Å². The van der Waals surface area contributed by atoms with Crippen molar-refractivity contribution in [3.05, 3.63) is 0 Å². The smallest absolute Gasteiger partial charge is 0.0908 e. The van der Waals surface area contributed by atoms with E-state index in [2.05, 4.69) is 5.43 Å². The molecule has 0 amide bonds. The van der Waals surface area contributed by atoms with Crippen molar-refractivity contribution in [3.8, 4) is 0 Å². The Morgan fingerprint density at radius 2 is 1.62 bits per heavy atom. The van der Waals surface area contributed by atoms with E-state index < -0.39 is 6.10 Å². The first-order chi connectivity index (χ1) is 6.24. The molecule has 0 aliphatic heterocycles. The fraction of sp³-hybridized carbons (Fsp3) is 1.00. The van der Waals surface area contributed by atoms with Gasteiger partial charge in [0.25, 0.3) is 0 Å². The fourth-order valence-corrected chi connectivity index (χ4v) is 0.810. The lowest BCUT2D eigenvalue weighted by atomic mass is 10.4. The third kappa shape index (κ3) is 6.88. The number of nitrogens with one attached hydrogen (secondary N) is 1. The van der Waals surface area contributed by atoms with E-state index >= 15 is 0 Å². The third-order valence-electron chi connectivity index (χ3n) is 1.50. The molecule has 0 radical (unpaired) electrons. The quantitative estimate of drug-likeness (QED) is 0.267. The number of rotatable bonds is 8. The molecule has 0 heterocycles. The van der Waals surface area contributed by atoms with E-state index in [9.17, 15) is 0 Å². The number of hydrazine groups is 1. The molecule has 0 bridgehead atoms. The summed E-state index contributed by atoms with van der Waals surface area (Å²) in [5.74, 6) is 0. The van der Waals surface area contributed by atoms with Crippen molar-refractivity contribution in [1.82, 2.24) is 10.4 Å². The van der Waals surface area contributed by atoms with Crippen LogP contribution in [0, 0.1) is 0 Å². The predicted molar refractivity (Wildman–Crippen MR) is 46.8 cm³/mol. The molecule has 1 atom stereocenters. The Kier molecular flexibility index (Phi) is 8.21. The zero-order valence-electron chi connectivity index (χ0n) is 7.56. The van der Waals surface area contributed by atoms with Crippen LogP contribution in [0.5, 0.6) is 0 Å². The van der Waals surface area contributed by atoms with Gasteiger partial charge in [-0.1, -0.05) is 0 Å². The molecule has 5 N–H and O–H groups in total. The van der Waals surface area contributed by atoms with Crippen LogP contribution in [0.25, 0.3) is 0 Å². The van der Waals surface area contributed by atoms with Gasteiger partial charge in [0.15, 0.2) is 0 Å². The second kappa shape index (κ2) is 8.36. The maximum absolute atomic E-state index is 8.98. The van der Waals surface area contributed by atoms with Gasteiger partial charge in [-0.05, 0) is 0 Å². The summed E-state index contributed by atoms with van der Waals surface area (Å²) in [4.78, 5) is 0. The van der Waals surface area contributed by atoms with E-state index in [0.29, 0.717) is 13.1 Å². The van der Waals surface area contributed by atoms with Crippen LogP contribution in [0.1, 0.15) is 0 Å². The largest absolute Gasteiger partial charge is 0.395 e. The van der Waals surface area contributed by atoms with E-state index in [-0.39, 0.29) is 26.4 Å². The highest BCUT2D eigenvalue weighted by atomic mass is 16.3. The molecule has 0 saturated carbocycles. The van der Waals surface area contributed by atoms with Crippen molar-refractivity contribution >= 4 is 0 Å². The van der Waals surface area contributed by atoms with Gasteiger partial charge in [0.05, 0.1) is 25.9 Å². The highest BCUT2D eigenvalue weighted by Crippen LogP contribution is 1.83. The Bertz CT molecular complexity index is 109. The predicted octanol–water partition coefficient (Wildman–Crippen LogP) is -2.87. The van der Waals surface area contributed by atoms with Gasteiger partial charge in [-0.15, -0.1) is 0 Å². The van der Waals surface area contributed by atoms with Crippen LogP contribution in [0.4, 0.5) is 0 Å². The average molecular weight is 194 g/mol. The first-order valence-corrected chi connectivity index (χ1v) is 4.23. The van der Waals surface area contributed by atoms with Gasteiger partial charge in [0.1, 0.15) is 0 Å². The van der Waals surface area contributed by atoms with Gasteiger partial charge < -0.3 is 20.4 Å². The van der Waals surface area contributed by atoms with Gasteiger partial charge in [0.2, 0.25) is 0 Å². The summed E-state index contributed by atoms with van der Waals surface area (Å²) in [5.41, 5.74) is 2.78. The molecule has 6 heteroatoms. The zero-order valence-corrected chi connectivity index (χ0v) is 7.56. The number of aliphatic hydroxyl groups excluding tert-OH is 4. The lowest BCUT2D eigenvalue weighted by Crippen LogP contribution is -2.45. The molecule has 0 saturated heterocycles. The molecule has 0 aliphatic carbocycles. The van der Waals surface area contributed by atoms with Crippen LogP contribution in [0.3, 0.4) is 0 Å². The Labute approximate surface area is 77.4 Å². The number of hydrogen-bond donors (Lipinski definition) is 5. The molecular formula is C7H18N2O4. The minimum atomic E-state index is -0.820. The summed E-state index contributed by atoms with van der Waals surface area (Å²) < 4.78 is 0. The normalized spacial score (nSPS) is 13.6. The van der Waals surface area contributed by atoms with Gasteiger partial charge in [0, 0.05) is 19.6 Å². The SMILES string of the molecule is OCCN(CCO)NCC(O)CO. The molecule has 0 aromatic carbocycles. The maximum Gasteiger partial charge on any atom is 0.0908 e. The van der Waals surface area contributed by atoms with E-state index in [4.69, 9.17) is 20.4 Å². The van der Waals surface area contributed by atoms with Gasteiger partial charge >= 0.3 is 0 Å². The molecule has 0 rings (SSSR count). The highest BCUT2D eigenvalue weighted by Gasteiger charge is 2.05. The molecule has 6 nitrogen and oxygen atoms in total. The van der Waals surface area contributed by atoms with Gasteiger partial charge in [-0.25, -0.2) is 5.01 Å². The second-order valence-electron chi connectivity index (χ2n) is 2.63. The molecule has 0 aliphatic rings. The first kappa shape index (κ1) is 12.8. The second-order valence-corrected chi connectivity index (χ2v) is 2.63. The average Bonchev–Trinajstić information content (AvgIpc) is 2.14. The Morgan fingerprint density at radius 1 is 1.08 bits per heavy atom. The monoisotopic (exact) mass is 194 g/mol. The molecule has 0 aromatic heterocycles. The summed E-state index contributed by atoms with van der Waals surface area (Å²) in [6, 6.07) is 0. The zero-order chi connectivity index (χ0) is 10.1. The van der Waals surface area contributed by atoms with Crippen LogP contribution in [-0.4, -0.2) is 71.0 Å². The molecule has 0 aromatic rings. The van der Waals surface area contributed by atoms with Crippen LogP contribution in [0.2, 0.25) is 0 Å². The standard InChI is InChI=1S/C7H18N2O4/c10-3-1-9(2-4-11)8-5-7(13)6-12/h7-8,10-13H,1-6H2. The Balaban J connectivity index is 3.55.